The molecule has 4 nitrogen and oxygen atoms in total. The van der Waals surface area contributed by atoms with Crippen LogP contribution in [0.4, 0.5) is 0 Å². The summed E-state index contributed by atoms with van der Waals surface area (Å²) in [5.41, 5.74) is 5.13. The first-order chi connectivity index (χ1) is 13.6. The number of benzene rings is 3. The van der Waals surface area contributed by atoms with E-state index in [1.807, 2.05) is 72.8 Å². The average Bonchev–Trinajstić information content (AvgIpc) is 2.70. The van der Waals surface area contributed by atoms with Gasteiger partial charge in [-0.25, -0.2) is 5.43 Å². The van der Waals surface area contributed by atoms with E-state index in [0.29, 0.717) is 17.4 Å². The molecular weight excluding hydrogens is 440 g/mol. The lowest BCUT2D eigenvalue weighted by Gasteiger charge is -2.10. The number of carbonyl (C=O) groups is 1. The van der Waals surface area contributed by atoms with Gasteiger partial charge in [-0.1, -0.05) is 70.0 Å². The summed E-state index contributed by atoms with van der Waals surface area (Å²) >= 11 is 9.54. The van der Waals surface area contributed by atoms with Crippen LogP contribution < -0.4 is 10.2 Å². The van der Waals surface area contributed by atoms with E-state index in [-0.39, 0.29) is 12.3 Å². The van der Waals surface area contributed by atoms with Gasteiger partial charge in [-0.2, -0.15) is 5.10 Å². The largest absolute Gasteiger partial charge is 0.488 e. The van der Waals surface area contributed by atoms with E-state index < -0.39 is 0 Å². The van der Waals surface area contributed by atoms with E-state index in [4.69, 9.17) is 16.3 Å². The summed E-state index contributed by atoms with van der Waals surface area (Å²) in [6, 6.07) is 22.6. The van der Waals surface area contributed by atoms with Gasteiger partial charge in [-0.15, -0.1) is 0 Å². The summed E-state index contributed by atoms with van der Waals surface area (Å²) in [6.07, 6.45) is 1.83. The third-order valence-electron chi connectivity index (χ3n) is 3.93. The number of nitrogens with one attached hydrogen (secondary N) is 1. The molecule has 0 atom stereocenters. The van der Waals surface area contributed by atoms with Gasteiger partial charge in [0, 0.05) is 20.6 Å². The molecule has 28 heavy (non-hydrogen) atoms. The van der Waals surface area contributed by atoms with Gasteiger partial charge in [0.25, 0.3) is 0 Å². The third kappa shape index (κ3) is 5.94. The summed E-state index contributed by atoms with van der Waals surface area (Å²) in [4.78, 5) is 12.0. The molecule has 0 aliphatic carbocycles. The van der Waals surface area contributed by atoms with Gasteiger partial charge >= 0.3 is 0 Å². The van der Waals surface area contributed by atoms with Crippen molar-refractivity contribution in [3.63, 3.8) is 0 Å². The fourth-order valence-corrected chi connectivity index (χ4v) is 2.95. The second-order valence-corrected chi connectivity index (χ2v) is 7.34. The van der Waals surface area contributed by atoms with E-state index in [2.05, 4.69) is 26.5 Å². The quantitative estimate of drug-likeness (QED) is 0.383. The number of halogens is 2. The van der Waals surface area contributed by atoms with E-state index in [9.17, 15) is 4.79 Å². The number of para-hydroxylation sites is 1. The van der Waals surface area contributed by atoms with Crippen molar-refractivity contribution >= 4 is 39.7 Å². The Kier molecular flexibility index (Phi) is 7.23. The van der Waals surface area contributed by atoms with Gasteiger partial charge in [0.2, 0.25) is 5.91 Å². The first-order valence-corrected chi connectivity index (χ1v) is 9.80. The number of amides is 1. The molecule has 0 unspecified atom stereocenters. The second kappa shape index (κ2) is 10.1. The molecule has 0 saturated carbocycles. The normalized spacial score (nSPS) is 10.8. The lowest BCUT2D eigenvalue weighted by Crippen LogP contribution is -2.19. The zero-order valence-corrected chi connectivity index (χ0v) is 17.3. The summed E-state index contributed by atoms with van der Waals surface area (Å²) in [5.74, 6) is 0.473. The van der Waals surface area contributed by atoms with Crippen molar-refractivity contribution in [2.45, 2.75) is 13.0 Å². The maximum absolute atomic E-state index is 12.0. The Labute approximate surface area is 177 Å². The third-order valence-corrected chi connectivity index (χ3v) is 4.83. The minimum Gasteiger partial charge on any atom is -0.488 e. The van der Waals surface area contributed by atoms with Crippen LogP contribution in [-0.4, -0.2) is 12.1 Å². The first kappa shape index (κ1) is 20.1. The second-order valence-electron chi connectivity index (χ2n) is 6.01. The highest BCUT2D eigenvalue weighted by Crippen LogP contribution is 2.21. The van der Waals surface area contributed by atoms with E-state index in [0.717, 1.165) is 21.2 Å². The van der Waals surface area contributed by atoms with Crippen LogP contribution in [0.3, 0.4) is 0 Å². The fraction of sp³-hybridized carbons (Fsp3) is 0.0909. The Bertz CT molecular complexity index is 974. The molecule has 6 heteroatoms. The number of carbonyl (C=O) groups excluding carboxylic acids is 1. The summed E-state index contributed by atoms with van der Waals surface area (Å²) in [6.45, 7) is 0.348. The van der Waals surface area contributed by atoms with Gasteiger partial charge in [-0.05, 0) is 35.9 Å². The molecule has 0 aliphatic heterocycles. The van der Waals surface area contributed by atoms with Crippen LogP contribution in [0, 0.1) is 0 Å². The van der Waals surface area contributed by atoms with E-state index in [1.54, 1.807) is 6.21 Å². The van der Waals surface area contributed by atoms with Gasteiger partial charge in [-0.3, -0.25) is 4.79 Å². The molecule has 1 amide bonds. The molecule has 0 fully saturated rings. The van der Waals surface area contributed by atoms with Crippen molar-refractivity contribution in [2.75, 3.05) is 0 Å². The lowest BCUT2D eigenvalue weighted by atomic mass is 10.1. The van der Waals surface area contributed by atoms with Crippen molar-refractivity contribution in [3.8, 4) is 5.75 Å². The van der Waals surface area contributed by atoms with Gasteiger partial charge < -0.3 is 4.74 Å². The maximum atomic E-state index is 12.0. The number of nitrogens with zero attached hydrogens (tertiary/aromatic N) is 1. The van der Waals surface area contributed by atoms with Gasteiger partial charge in [0.05, 0.1) is 12.6 Å². The highest BCUT2D eigenvalue weighted by molar-refractivity contribution is 9.10. The van der Waals surface area contributed by atoms with E-state index in [1.165, 1.54) is 0 Å². The SMILES string of the molecule is O=C(Cc1ccc(Br)cc1)N/N=C\c1ccccc1OCc1ccccc1Cl. The van der Waals surface area contributed by atoms with Crippen LogP contribution >= 0.6 is 27.5 Å². The monoisotopic (exact) mass is 456 g/mol. The first-order valence-electron chi connectivity index (χ1n) is 8.63. The standard InChI is InChI=1S/C22H18BrClN2O2/c23-19-11-9-16(10-12-19)13-22(27)26-25-14-17-5-2-4-8-21(17)28-15-18-6-1-3-7-20(18)24/h1-12,14H,13,15H2,(H,26,27)/b25-14-. The van der Waals surface area contributed by atoms with Gasteiger partial charge in [0.1, 0.15) is 12.4 Å². The van der Waals surface area contributed by atoms with Crippen molar-refractivity contribution < 1.29 is 9.53 Å². The Balaban J connectivity index is 1.58. The number of hydrogen-bond donors (Lipinski definition) is 1. The van der Waals surface area contributed by atoms with Crippen LogP contribution in [0.2, 0.25) is 5.02 Å². The molecule has 1 N–H and O–H groups in total. The minimum atomic E-state index is -0.187. The molecule has 3 aromatic rings. The molecule has 0 saturated heterocycles. The molecule has 0 spiro atoms. The molecule has 0 heterocycles. The zero-order valence-electron chi connectivity index (χ0n) is 14.9. The minimum absolute atomic E-state index is 0.187. The maximum Gasteiger partial charge on any atom is 0.244 e. The van der Waals surface area contributed by atoms with Crippen molar-refractivity contribution in [3.05, 3.63) is 99.0 Å². The molecule has 0 aliphatic rings. The molecule has 3 rings (SSSR count). The number of hydrazone groups is 1. The average molecular weight is 458 g/mol. The van der Waals surface area contributed by atoms with Crippen molar-refractivity contribution in [1.29, 1.82) is 0 Å². The topological polar surface area (TPSA) is 50.7 Å². The summed E-state index contributed by atoms with van der Waals surface area (Å²) in [5, 5.41) is 4.71. The van der Waals surface area contributed by atoms with Crippen LogP contribution in [-0.2, 0) is 17.8 Å². The lowest BCUT2D eigenvalue weighted by molar-refractivity contribution is -0.120. The number of ether oxygens (including phenoxy) is 1. The van der Waals surface area contributed by atoms with Gasteiger partial charge in [0.15, 0.2) is 0 Å². The van der Waals surface area contributed by atoms with Crippen LogP contribution in [0.1, 0.15) is 16.7 Å². The molecule has 0 radical (unpaired) electrons. The van der Waals surface area contributed by atoms with Crippen molar-refractivity contribution in [1.82, 2.24) is 5.43 Å². The molecule has 0 aromatic heterocycles. The molecule has 3 aromatic carbocycles. The Morgan fingerprint density at radius 2 is 1.75 bits per heavy atom. The fourth-order valence-electron chi connectivity index (χ4n) is 2.49. The van der Waals surface area contributed by atoms with Crippen LogP contribution in [0.5, 0.6) is 5.75 Å². The predicted octanol–water partition coefficient (Wildman–Crippen LogP) is 5.37. The highest BCUT2D eigenvalue weighted by atomic mass is 79.9. The Morgan fingerprint density at radius 1 is 1.04 bits per heavy atom. The number of rotatable bonds is 7. The van der Waals surface area contributed by atoms with Crippen molar-refractivity contribution in [2.24, 2.45) is 5.10 Å². The highest BCUT2D eigenvalue weighted by Gasteiger charge is 2.05. The van der Waals surface area contributed by atoms with Crippen LogP contribution in [0.25, 0.3) is 0 Å². The molecular formula is C22H18BrClN2O2. The van der Waals surface area contributed by atoms with Crippen LogP contribution in [0.15, 0.2) is 82.4 Å². The Morgan fingerprint density at radius 3 is 2.54 bits per heavy atom. The Hall–Kier alpha value is -2.63. The molecule has 142 valence electrons. The number of hydrogen-bond acceptors (Lipinski definition) is 3. The zero-order chi connectivity index (χ0) is 19.8. The summed E-state index contributed by atoms with van der Waals surface area (Å²) < 4.78 is 6.85. The smallest absolute Gasteiger partial charge is 0.244 e. The van der Waals surface area contributed by atoms with E-state index >= 15 is 0 Å². The predicted molar refractivity (Wildman–Crippen MR) is 116 cm³/mol. The summed E-state index contributed by atoms with van der Waals surface area (Å²) in [7, 11) is 0. The molecule has 0 bridgehead atoms.